The van der Waals surface area contributed by atoms with Crippen LogP contribution in [0.2, 0.25) is 15.1 Å². The lowest BCUT2D eigenvalue weighted by Gasteiger charge is -2.27. The third-order valence-corrected chi connectivity index (χ3v) is 4.55. The molecule has 1 nitrogen and oxygen atoms in total. The van der Waals surface area contributed by atoms with Crippen molar-refractivity contribution in [2.24, 2.45) is 5.73 Å². The topological polar surface area (TPSA) is 26.0 Å². The largest absolute Gasteiger partial charge is 0.318 e. The zero-order valence-corrected chi connectivity index (χ0v) is 13.9. The van der Waals surface area contributed by atoms with Gasteiger partial charge < -0.3 is 5.73 Å². The molecule has 2 N–H and O–H groups in total. The van der Waals surface area contributed by atoms with Gasteiger partial charge in [-0.05, 0) is 42.3 Å². The van der Waals surface area contributed by atoms with Crippen molar-refractivity contribution in [1.82, 2.24) is 0 Å². The van der Waals surface area contributed by atoms with E-state index >= 15 is 0 Å². The third-order valence-electron chi connectivity index (χ3n) is 3.01. The Morgan fingerprint density at radius 1 is 0.947 bits per heavy atom. The Hall–Kier alpha value is -0.250. The number of benzene rings is 2. The van der Waals surface area contributed by atoms with Gasteiger partial charge >= 0.3 is 0 Å². The van der Waals surface area contributed by atoms with Crippen LogP contribution in [0.5, 0.6) is 0 Å². The van der Waals surface area contributed by atoms with Gasteiger partial charge in [-0.1, -0.05) is 62.9 Å². The summed E-state index contributed by atoms with van der Waals surface area (Å²) < 4.78 is 0.909. The Balaban J connectivity index is 2.54. The summed E-state index contributed by atoms with van der Waals surface area (Å²) in [5.74, 6) is 0. The Bertz CT molecular complexity index is 626. The van der Waals surface area contributed by atoms with Gasteiger partial charge in [-0.3, -0.25) is 0 Å². The van der Waals surface area contributed by atoms with Gasteiger partial charge in [-0.15, -0.1) is 0 Å². The second kappa shape index (κ2) is 5.63. The van der Waals surface area contributed by atoms with Gasteiger partial charge in [0.15, 0.2) is 0 Å². The van der Waals surface area contributed by atoms with E-state index in [4.69, 9.17) is 40.5 Å². The van der Waals surface area contributed by atoms with Crippen LogP contribution >= 0.6 is 50.7 Å². The molecule has 0 bridgehead atoms. The summed E-state index contributed by atoms with van der Waals surface area (Å²) in [6.07, 6.45) is 0. The van der Waals surface area contributed by atoms with E-state index in [1.807, 2.05) is 31.2 Å². The lowest BCUT2D eigenvalue weighted by Crippen LogP contribution is -2.34. The van der Waals surface area contributed by atoms with Crippen LogP contribution in [0.4, 0.5) is 0 Å². The van der Waals surface area contributed by atoms with E-state index < -0.39 is 5.54 Å². The van der Waals surface area contributed by atoms with Crippen molar-refractivity contribution in [3.05, 3.63) is 67.1 Å². The van der Waals surface area contributed by atoms with E-state index in [-0.39, 0.29) is 0 Å². The summed E-state index contributed by atoms with van der Waals surface area (Å²) in [5, 5.41) is 1.58. The Kier molecular flexibility index (Phi) is 4.49. The maximum Gasteiger partial charge on any atom is 0.0652 e. The summed E-state index contributed by atoms with van der Waals surface area (Å²) in [7, 11) is 0. The zero-order chi connectivity index (χ0) is 14.2. The molecule has 0 spiro atoms. The number of hydrogen-bond acceptors (Lipinski definition) is 1. The molecule has 100 valence electrons. The molecule has 0 radical (unpaired) electrons. The molecule has 0 aliphatic heterocycles. The minimum absolute atomic E-state index is 0.476. The maximum absolute atomic E-state index is 6.43. The summed E-state index contributed by atoms with van der Waals surface area (Å²) in [6.45, 7) is 1.89. The predicted molar refractivity (Wildman–Crippen MR) is 86.3 cm³/mol. The molecule has 5 heteroatoms. The molecule has 0 heterocycles. The lowest BCUT2D eigenvalue weighted by molar-refractivity contribution is 0.603. The summed E-state index contributed by atoms with van der Waals surface area (Å²) in [4.78, 5) is 0. The molecule has 0 aliphatic rings. The third kappa shape index (κ3) is 3.09. The van der Waals surface area contributed by atoms with Crippen LogP contribution in [-0.2, 0) is 5.54 Å². The summed E-state index contributed by atoms with van der Waals surface area (Å²) in [5.41, 5.74) is 7.37. The molecule has 19 heavy (non-hydrogen) atoms. The van der Waals surface area contributed by atoms with Crippen molar-refractivity contribution >= 4 is 50.7 Å². The van der Waals surface area contributed by atoms with Gasteiger partial charge in [0.2, 0.25) is 0 Å². The maximum atomic E-state index is 6.43. The van der Waals surface area contributed by atoms with Crippen molar-refractivity contribution in [2.45, 2.75) is 12.5 Å². The van der Waals surface area contributed by atoms with Crippen LogP contribution in [-0.4, -0.2) is 0 Å². The molecule has 0 aromatic heterocycles. The van der Waals surface area contributed by atoms with Crippen molar-refractivity contribution in [1.29, 1.82) is 0 Å². The summed E-state index contributed by atoms with van der Waals surface area (Å²) in [6, 6.07) is 11.0. The van der Waals surface area contributed by atoms with Crippen LogP contribution < -0.4 is 5.73 Å². The molecule has 0 saturated carbocycles. The Morgan fingerprint density at radius 2 is 1.63 bits per heavy atom. The first kappa shape index (κ1) is 15.1. The van der Waals surface area contributed by atoms with Crippen molar-refractivity contribution in [3.8, 4) is 0 Å². The molecule has 1 atom stereocenters. The van der Waals surface area contributed by atoms with Crippen LogP contribution in [0.15, 0.2) is 40.9 Å². The highest BCUT2D eigenvalue weighted by atomic mass is 79.9. The molecule has 2 rings (SSSR count). The van der Waals surface area contributed by atoms with E-state index in [0.717, 1.165) is 15.6 Å². The predicted octanol–water partition coefficient (Wildman–Crippen LogP) is 5.63. The second-order valence-corrected chi connectivity index (χ2v) is 6.59. The van der Waals surface area contributed by atoms with Gasteiger partial charge in [0, 0.05) is 9.50 Å². The van der Waals surface area contributed by atoms with Crippen molar-refractivity contribution < 1.29 is 0 Å². The number of halogens is 4. The molecular formula is C14H11BrCl3N. The van der Waals surface area contributed by atoms with E-state index in [9.17, 15) is 0 Å². The van der Waals surface area contributed by atoms with Gasteiger partial charge in [-0.2, -0.15) is 0 Å². The molecule has 0 amide bonds. The minimum Gasteiger partial charge on any atom is -0.318 e. The average Bonchev–Trinajstić information content (AvgIpc) is 2.32. The molecule has 2 aromatic rings. The number of rotatable bonds is 2. The highest BCUT2D eigenvalue weighted by Gasteiger charge is 2.26. The van der Waals surface area contributed by atoms with Crippen LogP contribution in [0, 0.1) is 0 Å². The van der Waals surface area contributed by atoms with Gasteiger partial charge in [0.25, 0.3) is 0 Å². The molecule has 1 unspecified atom stereocenters. The molecule has 0 fully saturated rings. The molecule has 0 aliphatic carbocycles. The normalized spacial score (nSPS) is 14.2. The smallest absolute Gasteiger partial charge is 0.0652 e. The minimum atomic E-state index is -0.744. The lowest BCUT2D eigenvalue weighted by atomic mass is 9.86. The standard InChI is InChI=1S/C14H11BrCl3N/c1-14(19,8-2-5-11(16)13(18)6-8)10-4-3-9(15)7-12(10)17/h2-7H,19H2,1H3. The fourth-order valence-electron chi connectivity index (χ4n) is 1.89. The SMILES string of the molecule is CC(N)(c1ccc(Cl)c(Cl)c1)c1ccc(Br)cc1Cl. The summed E-state index contributed by atoms with van der Waals surface area (Å²) >= 11 is 21.6. The van der Waals surface area contributed by atoms with Gasteiger partial charge in [0.05, 0.1) is 15.6 Å². The molecule has 0 saturated heterocycles. The highest BCUT2D eigenvalue weighted by molar-refractivity contribution is 9.10. The van der Waals surface area contributed by atoms with E-state index in [0.29, 0.717) is 15.1 Å². The van der Waals surface area contributed by atoms with Crippen LogP contribution in [0.3, 0.4) is 0 Å². The first-order valence-electron chi connectivity index (χ1n) is 5.52. The van der Waals surface area contributed by atoms with Crippen LogP contribution in [0.25, 0.3) is 0 Å². The molecular weight excluding hydrogens is 368 g/mol. The van der Waals surface area contributed by atoms with Gasteiger partial charge in [-0.25, -0.2) is 0 Å². The van der Waals surface area contributed by atoms with E-state index in [2.05, 4.69) is 15.9 Å². The molecule has 2 aromatic carbocycles. The fraction of sp³-hybridized carbons (Fsp3) is 0.143. The highest BCUT2D eigenvalue weighted by Crippen LogP contribution is 2.35. The first-order valence-corrected chi connectivity index (χ1v) is 7.45. The average molecular weight is 380 g/mol. The van der Waals surface area contributed by atoms with E-state index in [1.165, 1.54) is 0 Å². The first-order chi connectivity index (χ1) is 8.82. The number of nitrogens with two attached hydrogens (primary N) is 1. The van der Waals surface area contributed by atoms with E-state index in [1.54, 1.807) is 12.1 Å². The number of hydrogen-bond donors (Lipinski definition) is 1. The van der Waals surface area contributed by atoms with Crippen molar-refractivity contribution in [2.75, 3.05) is 0 Å². The van der Waals surface area contributed by atoms with Crippen molar-refractivity contribution in [3.63, 3.8) is 0 Å². The zero-order valence-electron chi connectivity index (χ0n) is 10.1. The monoisotopic (exact) mass is 377 g/mol. The Labute approximate surface area is 135 Å². The Morgan fingerprint density at radius 3 is 2.21 bits per heavy atom. The quantitative estimate of drug-likeness (QED) is 0.719. The van der Waals surface area contributed by atoms with Gasteiger partial charge in [0.1, 0.15) is 0 Å². The fourth-order valence-corrected chi connectivity index (χ4v) is 3.05. The van der Waals surface area contributed by atoms with Crippen LogP contribution in [0.1, 0.15) is 18.1 Å². The second-order valence-electron chi connectivity index (χ2n) is 4.46.